The summed E-state index contributed by atoms with van der Waals surface area (Å²) in [6, 6.07) is 7.68. The Balaban J connectivity index is 2.09. The molecule has 1 aromatic rings. The van der Waals surface area contributed by atoms with Gasteiger partial charge in [0.2, 0.25) is 15.0 Å². The van der Waals surface area contributed by atoms with Crippen molar-refractivity contribution >= 4 is 41.6 Å². The predicted molar refractivity (Wildman–Crippen MR) is 82.0 cm³/mol. The fraction of sp³-hybridized carbons (Fsp3) is 0.462. The molecule has 0 aliphatic carbocycles. The van der Waals surface area contributed by atoms with E-state index in [-0.39, 0.29) is 30.0 Å². The first-order chi connectivity index (χ1) is 9.26. The Morgan fingerprint density at radius 2 is 2.00 bits per heavy atom. The number of carbonyl (C=O) groups excluding carboxylic acids is 1. The maximum Gasteiger partial charge on any atom is 0.232 e. The van der Waals surface area contributed by atoms with Crippen LogP contribution >= 0.6 is 26.6 Å². The van der Waals surface area contributed by atoms with E-state index in [2.05, 4.69) is 15.9 Å². The minimum Gasteiger partial charge on any atom is -0.336 e. The average molecular weight is 381 g/mol. The molecule has 0 N–H and O–H groups in total. The van der Waals surface area contributed by atoms with E-state index in [1.807, 2.05) is 31.2 Å². The Kier molecular flexibility index (Phi) is 4.76. The molecule has 7 heteroatoms. The number of carbonyl (C=O) groups is 1. The fourth-order valence-corrected chi connectivity index (χ4v) is 4.08. The fourth-order valence-electron chi connectivity index (χ4n) is 2.50. The highest BCUT2D eigenvalue weighted by molar-refractivity contribution is 9.10. The number of likely N-dealkylation sites (tertiary alicyclic amines) is 1. The summed E-state index contributed by atoms with van der Waals surface area (Å²) in [4.78, 5) is 13.7. The zero-order chi connectivity index (χ0) is 14.9. The molecule has 4 nitrogen and oxygen atoms in total. The molecular formula is C13H15BrClNO3S. The van der Waals surface area contributed by atoms with Gasteiger partial charge in [0, 0.05) is 34.0 Å². The van der Waals surface area contributed by atoms with Crippen molar-refractivity contribution in [1.82, 2.24) is 4.90 Å². The second-order valence-electron chi connectivity index (χ2n) is 5.05. The number of rotatable bonds is 4. The lowest BCUT2D eigenvalue weighted by molar-refractivity contribution is -0.129. The van der Waals surface area contributed by atoms with Gasteiger partial charge in [0.15, 0.2) is 0 Å². The topological polar surface area (TPSA) is 54.5 Å². The molecule has 1 heterocycles. The third-order valence-corrected chi connectivity index (χ3v) is 5.27. The van der Waals surface area contributed by atoms with Gasteiger partial charge in [0.1, 0.15) is 0 Å². The highest BCUT2D eigenvalue weighted by Crippen LogP contribution is 2.30. The van der Waals surface area contributed by atoms with Gasteiger partial charge in [-0.25, -0.2) is 8.42 Å². The van der Waals surface area contributed by atoms with Crippen LogP contribution in [0, 0.1) is 5.92 Å². The summed E-state index contributed by atoms with van der Waals surface area (Å²) in [5.41, 5.74) is 1.02. The first-order valence-corrected chi connectivity index (χ1v) is 9.50. The van der Waals surface area contributed by atoms with Gasteiger partial charge in [0.25, 0.3) is 0 Å². The van der Waals surface area contributed by atoms with E-state index in [9.17, 15) is 13.2 Å². The largest absolute Gasteiger partial charge is 0.336 e. The summed E-state index contributed by atoms with van der Waals surface area (Å²) in [6.45, 7) is 2.38. The number of hydrogen-bond acceptors (Lipinski definition) is 3. The molecule has 2 rings (SSSR count). The van der Waals surface area contributed by atoms with Crippen molar-refractivity contribution in [2.45, 2.75) is 19.4 Å². The second kappa shape index (κ2) is 6.03. The van der Waals surface area contributed by atoms with Gasteiger partial charge in [-0.2, -0.15) is 0 Å². The summed E-state index contributed by atoms with van der Waals surface area (Å²) in [7, 11) is 1.70. The van der Waals surface area contributed by atoms with Crippen molar-refractivity contribution in [1.29, 1.82) is 0 Å². The minimum atomic E-state index is -3.56. The van der Waals surface area contributed by atoms with Crippen LogP contribution in [0.5, 0.6) is 0 Å². The quantitative estimate of drug-likeness (QED) is 0.755. The Morgan fingerprint density at radius 1 is 1.40 bits per heavy atom. The summed E-state index contributed by atoms with van der Waals surface area (Å²) < 4.78 is 23.2. The van der Waals surface area contributed by atoms with Crippen LogP contribution in [0.25, 0.3) is 0 Å². The molecule has 2 atom stereocenters. The van der Waals surface area contributed by atoms with Crippen molar-refractivity contribution in [2.75, 3.05) is 12.3 Å². The molecule has 1 aliphatic heterocycles. The zero-order valence-corrected chi connectivity index (χ0v) is 14.1. The predicted octanol–water partition coefficient (Wildman–Crippen LogP) is 2.93. The molecular weight excluding hydrogens is 366 g/mol. The number of amides is 1. The van der Waals surface area contributed by atoms with Crippen molar-refractivity contribution in [3.63, 3.8) is 0 Å². The molecule has 1 aromatic carbocycles. The molecule has 1 aliphatic rings. The number of hydrogen-bond donors (Lipinski definition) is 0. The highest BCUT2D eigenvalue weighted by atomic mass is 79.9. The maximum absolute atomic E-state index is 12.0. The second-order valence-corrected chi connectivity index (χ2v) is 8.79. The van der Waals surface area contributed by atoms with E-state index >= 15 is 0 Å². The molecule has 0 spiro atoms. The van der Waals surface area contributed by atoms with Crippen molar-refractivity contribution in [2.24, 2.45) is 5.92 Å². The van der Waals surface area contributed by atoms with Gasteiger partial charge >= 0.3 is 0 Å². The standard InChI is InChI=1S/C13H15BrClNO3S/c1-9(11-2-4-12(14)5-3-11)16-7-10(6-13(16)17)8-20(15,18)19/h2-5,9-10H,6-8H2,1H3. The van der Waals surface area contributed by atoms with Crippen molar-refractivity contribution in [3.8, 4) is 0 Å². The van der Waals surface area contributed by atoms with E-state index in [0.717, 1.165) is 10.0 Å². The van der Waals surface area contributed by atoms with Crippen LogP contribution < -0.4 is 0 Å². The Bertz CT molecular complexity index is 603. The molecule has 0 saturated carbocycles. The van der Waals surface area contributed by atoms with Gasteiger partial charge in [-0.05, 0) is 24.6 Å². The van der Waals surface area contributed by atoms with Crippen LogP contribution in [0.4, 0.5) is 0 Å². The average Bonchev–Trinajstić information content (AvgIpc) is 2.67. The molecule has 0 radical (unpaired) electrons. The smallest absolute Gasteiger partial charge is 0.232 e. The van der Waals surface area contributed by atoms with Gasteiger partial charge in [-0.15, -0.1) is 0 Å². The molecule has 1 saturated heterocycles. The summed E-state index contributed by atoms with van der Waals surface area (Å²) in [6.07, 6.45) is 0.243. The van der Waals surface area contributed by atoms with E-state index in [4.69, 9.17) is 10.7 Å². The number of halogens is 2. The number of nitrogens with zero attached hydrogens (tertiary/aromatic N) is 1. The first kappa shape index (κ1) is 15.8. The lowest BCUT2D eigenvalue weighted by Crippen LogP contribution is -2.29. The van der Waals surface area contributed by atoms with Crippen LogP contribution in [-0.4, -0.2) is 31.5 Å². The summed E-state index contributed by atoms with van der Waals surface area (Å²) in [5.74, 6) is -0.391. The van der Waals surface area contributed by atoms with Gasteiger partial charge in [-0.3, -0.25) is 4.79 Å². The Morgan fingerprint density at radius 3 is 2.55 bits per heavy atom. The molecule has 1 fully saturated rings. The lowest BCUT2D eigenvalue weighted by Gasteiger charge is -2.25. The van der Waals surface area contributed by atoms with Crippen molar-refractivity contribution in [3.05, 3.63) is 34.3 Å². The molecule has 20 heavy (non-hydrogen) atoms. The van der Waals surface area contributed by atoms with Gasteiger partial charge in [-0.1, -0.05) is 28.1 Å². The Hall–Kier alpha value is -0.590. The lowest BCUT2D eigenvalue weighted by atomic mass is 10.1. The molecule has 0 aromatic heterocycles. The van der Waals surface area contributed by atoms with Gasteiger partial charge in [0.05, 0.1) is 11.8 Å². The molecule has 1 amide bonds. The summed E-state index contributed by atoms with van der Waals surface area (Å²) >= 11 is 3.37. The maximum atomic E-state index is 12.0. The highest BCUT2D eigenvalue weighted by Gasteiger charge is 2.35. The number of benzene rings is 1. The van der Waals surface area contributed by atoms with Crippen LogP contribution in [0.1, 0.15) is 24.9 Å². The molecule has 110 valence electrons. The SMILES string of the molecule is CC(c1ccc(Br)cc1)N1CC(CS(=O)(=O)Cl)CC1=O. The Labute approximate surface area is 131 Å². The molecule has 2 unspecified atom stereocenters. The van der Waals surface area contributed by atoms with E-state index in [0.29, 0.717) is 6.54 Å². The third kappa shape index (κ3) is 3.96. The minimum absolute atomic E-state index is 0.0225. The molecule has 0 bridgehead atoms. The van der Waals surface area contributed by atoms with Crippen molar-refractivity contribution < 1.29 is 13.2 Å². The van der Waals surface area contributed by atoms with Crippen LogP contribution in [0.2, 0.25) is 0 Å². The van der Waals surface area contributed by atoms with E-state index < -0.39 is 9.05 Å². The first-order valence-electron chi connectivity index (χ1n) is 6.23. The third-order valence-electron chi connectivity index (χ3n) is 3.49. The zero-order valence-electron chi connectivity index (χ0n) is 10.9. The normalized spacial score (nSPS) is 21.2. The monoisotopic (exact) mass is 379 g/mol. The van der Waals surface area contributed by atoms with Crippen LogP contribution in [-0.2, 0) is 13.8 Å². The van der Waals surface area contributed by atoms with E-state index in [1.165, 1.54) is 0 Å². The van der Waals surface area contributed by atoms with Crippen LogP contribution in [0.3, 0.4) is 0 Å². The van der Waals surface area contributed by atoms with Gasteiger partial charge < -0.3 is 4.90 Å². The van der Waals surface area contributed by atoms with Crippen LogP contribution in [0.15, 0.2) is 28.7 Å². The van der Waals surface area contributed by atoms with E-state index in [1.54, 1.807) is 4.90 Å². The summed E-state index contributed by atoms with van der Waals surface area (Å²) in [5, 5.41) is 0.